The lowest BCUT2D eigenvalue weighted by Gasteiger charge is -2.03. The molecule has 5 heteroatoms. The molecule has 0 bridgehead atoms. The lowest BCUT2D eigenvalue weighted by atomic mass is 10.2. The second-order valence-electron chi connectivity index (χ2n) is 3.88. The number of nitrogens with zero attached hydrogens (tertiary/aromatic N) is 2. The number of hydrogen-bond donors (Lipinski definition) is 1. The first-order valence-corrected chi connectivity index (χ1v) is 6.83. The monoisotopic (exact) mass is 263 g/mol. The molecule has 96 valence electrons. The minimum atomic E-state index is 0.778. The molecule has 4 nitrogen and oxygen atoms in total. The molecule has 1 aromatic heterocycles. The third kappa shape index (κ3) is 3.05. The summed E-state index contributed by atoms with van der Waals surface area (Å²) < 4.78 is 5.33. The van der Waals surface area contributed by atoms with E-state index in [0.29, 0.717) is 0 Å². The van der Waals surface area contributed by atoms with E-state index in [4.69, 9.17) is 4.74 Å². The Kier molecular flexibility index (Phi) is 4.66. The summed E-state index contributed by atoms with van der Waals surface area (Å²) in [5.74, 6) is 0.835. The van der Waals surface area contributed by atoms with Crippen LogP contribution in [0.25, 0.3) is 10.6 Å². The van der Waals surface area contributed by atoms with Gasteiger partial charge in [0.1, 0.15) is 10.8 Å². The van der Waals surface area contributed by atoms with Gasteiger partial charge in [0.05, 0.1) is 12.7 Å². The molecule has 0 fully saturated rings. The third-order valence-electron chi connectivity index (χ3n) is 2.51. The van der Waals surface area contributed by atoms with E-state index in [0.717, 1.165) is 40.8 Å². The maximum atomic E-state index is 5.33. The fraction of sp³-hybridized carbons (Fsp3) is 0.385. The molecule has 0 atom stereocenters. The molecule has 2 rings (SSSR count). The van der Waals surface area contributed by atoms with Gasteiger partial charge >= 0.3 is 0 Å². The highest BCUT2D eigenvalue weighted by Gasteiger charge is 2.10. The van der Waals surface area contributed by atoms with Gasteiger partial charge in [0.2, 0.25) is 0 Å². The van der Waals surface area contributed by atoms with Gasteiger partial charge in [-0.2, -0.15) is 0 Å². The van der Waals surface area contributed by atoms with E-state index in [2.05, 4.69) is 22.4 Å². The van der Waals surface area contributed by atoms with Crippen LogP contribution in [0.5, 0.6) is 5.75 Å². The number of methoxy groups -OCH3 is 1. The normalized spacial score (nSPS) is 10.6. The first kappa shape index (κ1) is 13.0. The second kappa shape index (κ2) is 6.47. The van der Waals surface area contributed by atoms with Crippen molar-refractivity contribution < 1.29 is 4.74 Å². The first-order chi connectivity index (χ1) is 8.85. The summed E-state index contributed by atoms with van der Waals surface area (Å²) in [4.78, 5) is 0. The van der Waals surface area contributed by atoms with Crippen molar-refractivity contribution in [3.63, 3.8) is 0 Å². The molecule has 0 amide bonds. The molecule has 0 unspecified atom stereocenters. The lowest BCUT2D eigenvalue weighted by Crippen LogP contribution is -2.13. The molecule has 1 N–H and O–H groups in total. The number of rotatable bonds is 6. The smallest absolute Gasteiger partial charge is 0.151 e. The van der Waals surface area contributed by atoms with Crippen LogP contribution in [0, 0.1) is 0 Å². The summed E-state index contributed by atoms with van der Waals surface area (Å²) in [5.41, 5.74) is 0.999. The van der Waals surface area contributed by atoms with E-state index in [1.54, 1.807) is 18.4 Å². The highest BCUT2D eigenvalue weighted by Crippen LogP contribution is 2.31. The van der Waals surface area contributed by atoms with Crippen LogP contribution in [-0.4, -0.2) is 23.9 Å². The van der Waals surface area contributed by atoms with E-state index in [-0.39, 0.29) is 0 Å². The Hall–Kier alpha value is -1.46. The van der Waals surface area contributed by atoms with Crippen LogP contribution in [0.3, 0.4) is 0 Å². The molecule has 0 saturated heterocycles. The maximum absolute atomic E-state index is 5.33. The Bertz CT molecular complexity index is 498. The first-order valence-electron chi connectivity index (χ1n) is 6.01. The van der Waals surface area contributed by atoms with E-state index in [1.807, 2.05) is 24.3 Å². The van der Waals surface area contributed by atoms with Crippen molar-refractivity contribution in [2.24, 2.45) is 0 Å². The number of benzene rings is 1. The van der Waals surface area contributed by atoms with Crippen LogP contribution in [0.2, 0.25) is 0 Å². The SMILES string of the molecule is CCCNCc1nnc(-c2ccccc2OC)s1. The molecule has 1 aromatic carbocycles. The summed E-state index contributed by atoms with van der Waals surface area (Å²) in [6.07, 6.45) is 1.12. The minimum absolute atomic E-state index is 0.778. The van der Waals surface area contributed by atoms with Crippen LogP contribution in [0.1, 0.15) is 18.4 Å². The van der Waals surface area contributed by atoms with E-state index >= 15 is 0 Å². The zero-order chi connectivity index (χ0) is 12.8. The summed E-state index contributed by atoms with van der Waals surface area (Å²) in [7, 11) is 1.67. The van der Waals surface area contributed by atoms with Crippen LogP contribution >= 0.6 is 11.3 Å². The molecular weight excluding hydrogens is 246 g/mol. The molecular formula is C13H17N3OS. The van der Waals surface area contributed by atoms with Crippen LogP contribution in [0.15, 0.2) is 24.3 Å². The van der Waals surface area contributed by atoms with Gasteiger partial charge in [-0.05, 0) is 25.1 Å². The highest BCUT2D eigenvalue weighted by atomic mass is 32.1. The van der Waals surface area contributed by atoms with Gasteiger partial charge in [0, 0.05) is 6.54 Å². The van der Waals surface area contributed by atoms with Gasteiger partial charge in [-0.25, -0.2) is 0 Å². The van der Waals surface area contributed by atoms with Gasteiger partial charge in [0.25, 0.3) is 0 Å². The standard InChI is InChI=1S/C13H17N3OS/c1-3-8-14-9-12-15-16-13(18-12)10-6-4-5-7-11(10)17-2/h4-7,14H,3,8-9H2,1-2H3. The predicted molar refractivity (Wildman–Crippen MR) is 73.9 cm³/mol. The molecule has 0 saturated carbocycles. The molecule has 18 heavy (non-hydrogen) atoms. The van der Waals surface area contributed by atoms with Gasteiger partial charge in [-0.3, -0.25) is 0 Å². The summed E-state index contributed by atoms with van der Waals surface area (Å²) in [6.45, 7) is 3.93. The predicted octanol–water partition coefficient (Wildman–Crippen LogP) is 2.71. The van der Waals surface area contributed by atoms with E-state index < -0.39 is 0 Å². The zero-order valence-electron chi connectivity index (χ0n) is 10.6. The Morgan fingerprint density at radius 2 is 2.11 bits per heavy atom. The second-order valence-corrected chi connectivity index (χ2v) is 4.94. The zero-order valence-corrected chi connectivity index (χ0v) is 11.5. The van der Waals surface area contributed by atoms with Crippen molar-refractivity contribution in [2.75, 3.05) is 13.7 Å². The third-order valence-corrected chi connectivity index (χ3v) is 3.46. The molecule has 2 aromatic rings. The summed E-state index contributed by atoms with van der Waals surface area (Å²) >= 11 is 1.60. The van der Waals surface area contributed by atoms with E-state index in [9.17, 15) is 0 Å². The number of para-hydroxylation sites is 1. The average Bonchev–Trinajstić information content (AvgIpc) is 2.88. The Labute approximate surface area is 111 Å². The molecule has 0 aliphatic carbocycles. The number of hydrogen-bond acceptors (Lipinski definition) is 5. The van der Waals surface area contributed by atoms with Gasteiger partial charge in [-0.1, -0.05) is 30.4 Å². The highest BCUT2D eigenvalue weighted by molar-refractivity contribution is 7.14. The maximum Gasteiger partial charge on any atom is 0.151 e. The van der Waals surface area contributed by atoms with E-state index in [1.165, 1.54) is 0 Å². The van der Waals surface area contributed by atoms with Crippen LogP contribution < -0.4 is 10.1 Å². The molecule has 0 radical (unpaired) electrons. The Morgan fingerprint density at radius 3 is 2.89 bits per heavy atom. The van der Waals surface area contributed by atoms with Crippen LogP contribution in [-0.2, 0) is 6.54 Å². The number of ether oxygens (including phenoxy) is 1. The topological polar surface area (TPSA) is 47.0 Å². The Morgan fingerprint density at radius 1 is 1.28 bits per heavy atom. The molecule has 0 aliphatic rings. The fourth-order valence-electron chi connectivity index (χ4n) is 1.63. The average molecular weight is 263 g/mol. The lowest BCUT2D eigenvalue weighted by molar-refractivity contribution is 0.416. The van der Waals surface area contributed by atoms with Crippen molar-refractivity contribution in [1.82, 2.24) is 15.5 Å². The summed E-state index contributed by atoms with van der Waals surface area (Å²) in [6, 6.07) is 7.87. The van der Waals surface area contributed by atoms with Crippen LogP contribution in [0.4, 0.5) is 0 Å². The minimum Gasteiger partial charge on any atom is -0.496 e. The molecule has 1 heterocycles. The molecule has 0 spiro atoms. The van der Waals surface area contributed by atoms with Gasteiger partial charge < -0.3 is 10.1 Å². The molecule has 0 aliphatic heterocycles. The fourth-order valence-corrected chi connectivity index (χ4v) is 2.47. The number of nitrogens with one attached hydrogen (secondary N) is 1. The van der Waals surface area contributed by atoms with Gasteiger partial charge in [0.15, 0.2) is 5.01 Å². The van der Waals surface area contributed by atoms with Crippen molar-refractivity contribution in [3.05, 3.63) is 29.3 Å². The Balaban J connectivity index is 2.13. The quantitative estimate of drug-likeness (QED) is 0.814. The van der Waals surface area contributed by atoms with Crippen molar-refractivity contribution in [2.45, 2.75) is 19.9 Å². The largest absolute Gasteiger partial charge is 0.496 e. The van der Waals surface area contributed by atoms with Crippen molar-refractivity contribution in [3.8, 4) is 16.3 Å². The van der Waals surface area contributed by atoms with Crippen molar-refractivity contribution >= 4 is 11.3 Å². The van der Waals surface area contributed by atoms with Crippen molar-refractivity contribution in [1.29, 1.82) is 0 Å². The van der Waals surface area contributed by atoms with Gasteiger partial charge in [-0.15, -0.1) is 10.2 Å². The number of aromatic nitrogens is 2. The summed E-state index contributed by atoms with van der Waals surface area (Å²) in [5, 5.41) is 13.6.